The molecule has 7 heteroatoms. The summed E-state index contributed by atoms with van der Waals surface area (Å²) in [5.74, 6) is 1.03. The molecule has 0 bridgehead atoms. The molecular formula is C13H18N6S. The lowest BCUT2D eigenvalue weighted by molar-refractivity contribution is 0.559. The molecule has 0 saturated heterocycles. The van der Waals surface area contributed by atoms with Gasteiger partial charge in [0, 0.05) is 30.6 Å². The van der Waals surface area contributed by atoms with Gasteiger partial charge < -0.3 is 14.8 Å². The predicted octanol–water partition coefficient (Wildman–Crippen LogP) is 1.32. The van der Waals surface area contributed by atoms with Crippen molar-refractivity contribution in [3.63, 3.8) is 0 Å². The number of rotatable bonds is 4. The average molecular weight is 290 g/mol. The highest BCUT2D eigenvalue weighted by Crippen LogP contribution is 2.29. The molecule has 1 aliphatic carbocycles. The van der Waals surface area contributed by atoms with E-state index in [4.69, 9.17) is 4.98 Å². The lowest BCUT2D eigenvalue weighted by Gasteiger charge is -2.26. The Labute approximate surface area is 121 Å². The highest BCUT2D eigenvalue weighted by atomic mass is 32.1. The van der Waals surface area contributed by atoms with Crippen molar-refractivity contribution < 1.29 is 0 Å². The van der Waals surface area contributed by atoms with Gasteiger partial charge in [-0.15, -0.1) is 21.5 Å². The summed E-state index contributed by atoms with van der Waals surface area (Å²) < 4.78 is 2.12. The van der Waals surface area contributed by atoms with E-state index in [1.165, 1.54) is 17.7 Å². The van der Waals surface area contributed by atoms with E-state index in [0.717, 1.165) is 48.9 Å². The van der Waals surface area contributed by atoms with E-state index in [1.807, 2.05) is 17.7 Å². The van der Waals surface area contributed by atoms with Crippen LogP contribution in [0.15, 0.2) is 6.33 Å². The first-order valence-corrected chi connectivity index (χ1v) is 7.92. The van der Waals surface area contributed by atoms with Gasteiger partial charge in [0.15, 0.2) is 11.0 Å². The van der Waals surface area contributed by atoms with Gasteiger partial charge in [-0.25, -0.2) is 4.98 Å². The van der Waals surface area contributed by atoms with Crippen molar-refractivity contribution in [2.45, 2.75) is 45.4 Å². The Kier molecular flexibility index (Phi) is 2.96. The summed E-state index contributed by atoms with van der Waals surface area (Å²) in [4.78, 5) is 8.40. The molecule has 0 atom stereocenters. The zero-order chi connectivity index (χ0) is 13.5. The van der Waals surface area contributed by atoms with Gasteiger partial charge in [-0.2, -0.15) is 0 Å². The first kappa shape index (κ1) is 12.3. The Morgan fingerprint density at radius 2 is 2.30 bits per heavy atom. The van der Waals surface area contributed by atoms with Crippen LogP contribution in [0.5, 0.6) is 0 Å². The van der Waals surface area contributed by atoms with Crippen molar-refractivity contribution >= 4 is 16.5 Å². The van der Waals surface area contributed by atoms with Gasteiger partial charge in [0.25, 0.3) is 0 Å². The third kappa shape index (κ3) is 2.31. The molecule has 1 fully saturated rings. The number of fused-ring (bicyclic) bond motifs is 1. The highest BCUT2D eigenvalue weighted by molar-refractivity contribution is 7.15. The first-order chi connectivity index (χ1) is 9.79. The molecule has 20 heavy (non-hydrogen) atoms. The molecule has 3 heterocycles. The fraction of sp³-hybridized carbons (Fsp3) is 0.615. The van der Waals surface area contributed by atoms with E-state index < -0.39 is 0 Å². The topological polar surface area (TPSA) is 58.9 Å². The van der Waals surface area contributed by atoms with Crippen LogP contribution in [0.25, 0.3) is 0 Å². The van der Waals surface area contributed by atoms with Crippen LogP contribution in [0, 0.1) is 6.92 Å². The summed E-state index contributed by atoms with van der Waals surface area (Å²) in [5, 5.41) is 12.8. The summed E-state index contributed by atoms with van der Waals surface area (Å²) in [6, 6.07) is 0.744. The molecule has 0 unspecified atom stereocenters. The van der Waals surface area contributed by atoms with Crippen molar-refractivity contribution in [1.82, 2.24) is 25.1 Å². The van der Waals surface area contributed by atoms with Gasteiger partial charge in [0.05, 0.1) is 12.2 Å². The van der Waals surface area contributed by atoms with Crippen molar-refractivity contribution in [1.29, 1.82) is 0 Å². The second-order valence-electron chi connectivity index (χ2n) is 5.52. The number of hydrogen-bond donors (Lipinski definition) is 1. The molecular weight excluding hydrogens is 272 g/mol. The van der Waals surface area contributed by atoms with E-state index in [-0.39, 0.29) is 0 Å². The third-order valence-corrected chi connectivity index (χ3v) is 5.14. The van der Waals surface area contributed by atoms with E-state index >= 15 is 0 Å². The largest absolute Gasteiger partial charge is 0.339 e. The van der Waals surface area contributed by atoms with Crippen LogP contribution in [-0.4, -0.2) is 32.3 Å². The maximum atomic E-state index is 4.74. The number of thiazole rings is 1. The van der Waals surface area contributed by atoms with Gasteiger partial charge in [-0.3, -0.25) is 0 Å². The predicted molar refractivity (Wildman–Crippen MR) is 77.8 cm³/mol. The number of hydrogen-bond acceptors (Lipinski definition) is 6. The molecule has 0 radical (unpaired) electrons. The number of nitrogens with zero attached hydrogens (tertiary/aromatic N) is 5. The second-order valence-corrected chi connectivity index (χ2v) is 6.58. The van der Waals surface area contributed by atoms with Crippen LogP contribution < -0.4 is 10.2 Å². The Balaban J connectivity index is 1.49. The Morgan fingerprint density at radius 1 is 1.40 bits per heavy atom. The molecule has 0 spiro atoms. The number of nitrogens with one attached hydrogen (secondary N) is 1. The highest BCUT2D eigenvalue weighted by Gasteiger charge is 2.23. The quantitative estimate of drug-likeness (QED) is 0.920. The van der Waals surface area contributed by atoms with Crippen LogP contribution in [0.3, 0.4) is 0 Å². The molecule has 1 N–H and O–H groups in total. The van der Waals surface area contributed by atoms with Crippen LogP contribution in [0.1, 0.15) is 29.2 Å². The molecule has 6 nitrogen and oxygen atoms in total. The van der Waals surface area contributed by atoms with Crippen molar-refractivity contribution in [3.05, 3.63) is 22.7 Å². The lowest BCUT2D eigenvalue weighted by atomic mass is 10.4. The van der Waals surface area contributed by atoms with Gasteiger partial charge in [0.1, 0.15) is 6.33 Å². The van der Waals surface area contributed by atoms with Crippen LogP contribution in [0.4, 0.5) is 5.13 Å². The Hall–Kier alpha value is -1.47. The minimum atomic E-state index is 0.744. The summed E-state index contributed by atoms with van der Waals surface area (Å²) in [5.41, 5.74) is 1.16. The molecule has 0 aromatic carbocycles. The summed E-state index contributed by atoms with van der Waals surface area (Å²) in [6.45, 7) is 5.79. The van der Waals surface area contributed by atoms with Gasteiger partial charge >= 0.3 is 0 Å². The third-order valence-electron chi connectivity index (χ3n) is 3.92. The fourth-order valence-electron chi connectivity index (χ4n) is 2.47. The normalized spacial score (nSPS) is 18.4. The monoisotopic (exact) mass is 290 g/mol. The lowest BCUT2D eigenvalue weighted by Crippen LogP contribution is -2.33. The fourth-order valence-corrected chi connectivity index (χ4v) is 3.50. The minimum Gasteiger partial charge on any atom is -0.339 e. The maximum absolute atomic E-state index is 4.74. The maximum Gasteiger partial charge on any atom is 0.186 e. The van der Waals surface area contributed by atoms with Crippen molar-refractivity contribution in [3.8, 4) is 0 Å². The Morgan fingerprint density at radius 3 is 3.15 bits per heavy atom. The molecule has 0 amide bonds. The minimum absolute atomic E-state index is 0.744. The zero-order valence-corrected chi connectivity index (χ0v) is 12.4. The van der Waals surface area contributed by atoms with E-state index in [2.05, 4.69) is 31.9 Å². The van der Waals surface area contributed by atoms with Gasteiger partial charge in [0.2, 0.25) is 0 Å². The molecule has 2 aliphatic rings. The van der Waals surface area contributed by atoms with E-state index in [0.29, 0.717) is 0 Å². The zero-order valence-electron chi connectivity index (χ0n) is 11.5. The second kappa shape index (κ2) is 4.82. The van der Waals surface area contributed by atoms with Gasteiger partial charge in [-0.05, 0) is 19.8 Å². The number of aryl methyl sites for hydroxylation is 1. The number of anilines is 1. The molecule has 1 saturated carbocycles. The first-order valence-electron chi connectivity index (χ1n) is 7.11. The van der Waals surface area contributed by atoms with Gasteiger partial charge in [-0.1, -0.05) is 0 Å². The summed E-state index contributed by atoms with van der Waals surface area (Å²) >= 11 is 1.81. The summed E-state index contributed by atoms with van der Waals surface area (Å²) in [7, 11) is 0. The summed E-state index contributed by atoms with van der Waals surface area (Å²) in [6.07, 6.45) is 4.46. The van der Waals surface area contributed by atoms with Crippen LogP contribution in [0.2, 0.25) is 0 Å². The molecule has 4 rings (SSSR count). The van der Waals surface area contributed by atoms with Crippen molar-refractivity contribution in [2.75, 3.05) is 11.4 Å². The van der Waals surface area contributed by atoms with Crippen LogP contribution >= 0.6 is 11.3 Å². The standard InChI is InChI=1S/C13H18N6S/c1-9-11(6-14-10-2-3-10)20-13(16-9)18-4-5-19-8-15-17-12(19)7-18/h8,10,14H,2-7H2,1H3. The van der Waals surface area contributed by atoms with Crippen LogP contribution in [-0.2, 0) is 19.6 Å². The SMILES string of the molecule is Cc1nc(N2CCn3cnnc3C2)sc1CNC1CC1. The molecule has 2 aromatic rings. The average Bonchev–Trinajstić information content (AvgIpc) is 3.03. The van der Waals surface area contributed by atoms with E-state index in [9.17, 15) is 0 Å². The molecule has 106 valence electrons. The van der Waals surface area contributed by atoms with E-state index in [1.54, 1.807) is 0 Å². The smallest absolute Gasteiger partial charge is 0.186 e. The molecule has 1 aliphatic heterocycles. The van der Waals surface area contributed by atoms with Crippen molar-refractivity contribution in [2.24, 2.45) is 0 Å². The Bertz CT molecular complexity index is 614. The number of aromatic nitrogens is 4. The molecule has 2 aromatic heterocycles.